The van der Waals surface area contributed by atoms with Gasteiger partial charge in [0.05, 0.1) is 19.6 Å². The summed E-state index contributed by atoms with van der Waals surface area (Å²) in [4.78, 5) is 2.13. The standard InChI is InChI=1S/C21H25N2O2/c1-3-25-19-13-11-17(12-14-19)21(24)16(2)22-15-7-10-20(22)23(21)18-8-5-4-6-9-18/h4-6,8-9,11-14,16,24H,3,7,10,15H2,1-2H3/q+1. The van der Waals surface area contributed by atoms with Crippen LogP contribution in [0.3, 0.4) is 0 Å². The third-order valence-corrected chi connectivity index (χ3v) is 5.38. The maximum absolute atomic E-state index is 11.9. The van der Waals surface area contributed by atoms with Gasteiger partial charge >= 0.3 is 0 Å². The van der Waals surface area contributed by atoms with Crippen molar-refractivity contribution < 1.29 is 14.4 Å². The summed E-state index contributed by atoms with van der Waals surface area (Å²) in [5.41, 5.74) is 0.848. The second kappa shape index (κ2) is 6.19. The monoisotopic (exact) mass is 337 g/mol. The van der Waals surface area contributed by atoms with Gasteiger partial charge in [0.25, 0.3) is 11.6 Å². The molecule has 2 unspecified atom stereocenters. The number of rotatable bonds is 4. The number of aliphatic hydroxyl groups is 1. The van der Waals surface area contributed by atoms with E-state index < -0.39 is 5.72 Å². The molecule has 0 bridgehead atoms. The van der Waals surface area contributed by atoms with Gasteiger partial charge in [-0.15, -0.1) is 0 Å². The Hall–Kier alpha value is -2.33. The predicted octanol–water partition coefficient (Wildman–Crippen LogP) is 3.34. The molecule has 25 heavy (non-hydrogen) atoms. The molecule has 0 aliphatic carbocycles. The van der Waals surface area contributed by atoms with Gasteiger partial charge in [-0.2, -0.15) is 4.90 Å². The van der Waals surface area contributed by atoms with E-state index in [1.54, 1.807) is 0 Å². The van der Waals surface area contributed by atoms with Gasteiger partial charge < -0.3 is 9.84 Å². The molecule has 2 aliphatic heterocycles. The van der Waals surface area contributed by atoms with Crippen molar-refractivity contribution in [3.63, 3.8) is 0 Å². The number of amidine groups is 1. The lowest BCUT2D eigenvalue weighted by molar-refractivity contribution is -0.564. The topological polar surface area (TPSA) is 35.7 Å². The molecule has 1 N–H and O–H groups in total. The molecule has 0 radical (unpaired) electrons. The molecule has 0 saturated heterocycles. The second-order valence-corrected chi connectivity index (χ2v) is 6.74. The summed E-state index contributed by atoms with van der Waals surface area (Å²) >= 11 is 0. The third kappa shape index (κ3) is 2.44. The molecule has 0 fully saturated rings. The molecular formula is C21H25N2O2+. The van der Waals surface area contributed by atoms with E-state index in [4.69, 9.17) is 4.74 Å². The van der Waals surface area contributed by atoms with E-state index in [2.05, 4.69) is 28.5 Å². The van der Waals surface area contributed by atoms with Crippen molar-refractivity contribution in [3.05, 3.63) is 60.2 Å². The molecule has 4 heteroatoms. The summed E-state index contributed by atoms with van der Waals surface area (Å²) in [6.45, 7) is 5.73. The van der Waals surface area contributed by atoms with E-state index in [1.165, 1.54) is 5.84 Å². The molecule has 0 saturated carbocycles. The normalized spacial score (nSPS) is 25.4. The fourth-order valence-electron chi connectivity index (χ4n) is 4.19. The van der Waals surface area contributed by atoms with Crippen LogP contribution in [0.25, 0.3) is 0 Å². The Bertz CT molecular complexity index is 785. The number of nitrogens with zero attached hydrogens (tertiary/aromatic N) is 2. The third-order valence-electron chi connectivity index (χ3n) is 5.38. The minimum atomic E-state index is -1.08. The predicted molar refractivity (Wildman–Crippen MR) is 99.3 cm³/mol. The lowest BCUT2D eigenvalue weighted by Crippen LogP contribution is -2.51. The van der Waals surface area contributed by atoms with E-state index in [9.17, 15) is 5.11 Å². The Morgan fingerprint density at radius 3 is 2.56 bits per heavy atom. The average Bonchev–Trinajstić information content (AvgIpc) is 3.19. The zero-order chi connectivity index (χ0) is 17.4. The summed E-state index contributed by atoms with van der Waals surface area (Å²) in [5, 5.41) is 11.9. The molecule has 0 spiro atoms. The highest BCUT2D eigenvalue weighted by Gasteiger charge is 2.60. The van der Waals surface area contributed by atoms with Crippen LogP contribution in [0.2, 0.25) is 0 Å². The van der Waals surface area contributed by atoms with E-state index >= 15 is 0 Å². The lowest BCUT2D eigenvalue weighted by atomic mass is 9.93. The van der Waals surface area contributed by atoms with Crippen LogP contribution in [0.15, 0.2) is 54.6 Å². The van der Waals surface area contributed by atoms with Crippen molar-refractivity contribution in [2.75, 3.05) is 18.1 Å². The second-order valence-electron chi connectivity index (χ2n) is 6.74. The fraction of sp³-hybridized carbons (Fsp3) is 0.381. The van der Waals surface area contributed by atoms with Crippen molar-refractivity contribution in [3.8, 4) is 5.75 Å². The molecule has 130 valence electrons. The minimum absolute atomic E-state index is 0.0110. The molecule has 2 aromatic rings. The van der Waals surface area contributed by atoms with Gasteiger partial charge in [0.1, 0.15) is 11.4 Å². The zero-order valence-electron chi connectivity index (χ0n) is 14.9. The Morgan fingerprint density at radius 1 is 1.16 bits per heavy atom. The Labute approximate surface area is 149 Å². The summed E-state index contributed by atoms with van der Waals surface area (Å²) in [7, 11) is 0. The number of hydrogen-bond donors (Lipinski definition) is 1. The highest BCUT2D eigenvalue weighted by atomic mass is 16.5. The molecule has 0 aromatic heterocycles. The van der Waals surface area contributed by atoms with Crippen LogP contribution in [-0.4, -0.2) is 34.7 Å². The number of ether oxygens (including phenoxy) is 1. The van der Waals surface area contributed by atoms with Gasteiger partial charge in [-0.1, -0.05) is 18.2 Å². The van der Waals surface area contributed by atoms with Crippen LogP contribution in [0.5, 0.6) is 5.75 Å². The first-order valence-electron chi connectivity index (χ1n) is 9.09. The van der Waals surface area contributed by atoms with Crippen molar-refractivity contribution >= 4 is 11.5 Å². The molecule has 2 heterocycles. The number of anilines is 1. The molecule has 0 amide bonds. The summed E-state index contributed by atoms with van der Waals surface area (Å²) < 4.78 is 7.91. The largest absolute Gasteiger partial charge is 0.494 e. The highest BCUT2D eigenvalue weighted by molar-refractivity contribution is 5.97. The molecule has 2 atom stereocenters. The van der Waals surface area contributed by atoms with E-state index in [0.29, 0.717) is 6.61 Å². The van der Waals surface area contributed by atoms with E-state index in [0.717, 1.165) is 36.4 Å². The van der Waals surface area contributed by atoms with E-state index in [-0.39, 0.29) is 6.04 Å². The van der Waals surface area contributed by atoms with Crippen molar-refractivity contribution in [1.82, 2.24) is 0 Å². The molecule has 2 aromatic carbocycles. The first kappa shape index (κ1) is 16.2. The van der Waals surface area contributed by atoms with Gasteiger partial charge in [-0.05, 0) is 56.7 Å². The van der Waals surface area contributed by atoms with Gasteiger partial charge in [0.2, 0.25) is 0 Å². The Kier molecular flexibility index (Phi) is 4.00. The first-order chi connectivity index (χ1) is 12.2. The van der Waals surface area contributed by atoms with Crippen molar-refractivity contribution in [1.29, 1.82) is 0 Å². The van der Waals surface area contributed by atoms with Gasteiger partial charge in [-0.25, -0.2) is 0 Å². The SMILES string of the molecule is CCOc1ccc(C2(O)C(C)[N+]3=C(CCC3)N2c2ccccc2)cc1. The molecule has 4 rings (SSSR count). The lowest BCUT2D eigenvalue weighted by Gasteiger charge is -2.32. The molecule has 4 nitrogen and oxygen atoms in total. The first-order valence-corrected chi connectivity index (χ1v) is 9.09. The maximum atomic E-state index is 11.9. The number of hydrogen-bond acceptors (Lipinski definition) is 3. The zero-order valence-corrected chi connectivity index (χ0v) is 14.9. The van der Waals surface area contributed by atoms with Crippen LogP contribution in [0.4, 0.5) is 5.69 Å². The van der Waals surface area contributed by atoms with Crippen molar-refractivity contribution in [2.45, 2.75) is 38.5 Å². The summed E-state index contributed by atoms with van der Waals surface area (Å²) in [5.74, 6) is 2.05. The smallest absolute Gasteiger partial charge is 0.278 e. The summed E-state index contributed by atoms with van der Waals surface area (Å²) in [6.07, 6.45) is 2.14. The van der Waals surface area contributed by atoms with Crippen LogP contribution < -0.4 is 9.64 Å². The van der Waals surface area contributed by atoms with Crippen LogP contribution in [0.1, 0.15) is 32.3 Å². The summed E-state index contributed by atoms with van der Waals surface area (Å²) in [6, 6.07) is 18.1. The maximum Gasteiger partial charge on any atom is 0.278 e. The van der Waals surface area contributed by atoms with Crippen LogP contribution in [-0.2, 0) is 5.72 Å². The van der Waals surface area contributed by atoms with Crippen molar-refractivity contribution in [2.24, 2.45) is 0 Å². The molecular weight excluding hydrogens is 312 g/mol. The van der Waals surface area contributed by atoms with Crippen LogP contribution in [0, 0.1) is 0 Å². The van der Waals surface area contributed by atoms with Gasteiger partial charge in [0, 0.05) is 5.56 Å². The average molecular weight is 337 g/mol. The quantitative estimate of drug-likeness (QED) is 0.869. The fourth-order valence-corrected chi connectivity index (χ4v) is 4.19. The number of para-hydroxylation sites is 1. The molecule has 2 aliphatic rings. The van der Waals surface area contributed by atoms with Gasteiger partial charge in [0.15, 0.2) is 6.04 Å². The van der Waals surface area contributed by atoms with Crippen LogP contribution >= 0.6 is 0 Å². The Morgan fingerprint density at radius 2 is 1.88 bits per heavy atom. The minimum Gasteiger partial charge on any atom is -0.494 e. The van der Waals surface area contributed by atoms with Gasteiger partial charge in [-0.3, -0.25) is 4.58 Å². The number of benzene rings is 2. The Balaban J connectivity index is 1.80. The van der Waals surface area contributed by atoms with E-state index in [1.807, 2.05) is 49.4 Å². The highest BCUT2D eigenvalue weighted by Crippen LogP contribution is 2.42.